The van der Waals surface area contributed by atoms with Crippen LogP contribution in [-0.4, -0.2) is 5.78 Å². The Labute approximate surface area is 105 Å². The molecule has 4 saturated carbocycles. The van der Waals surface area contributed by atoms with E-state index < -0.39 is 0 Å². The van der Waals surface area contributed by atoms with Gasteiger partial charge in [0.15, 0.2) is 0 Å². The van der Waals surface area contributed by atoms with E-state index >= 15 is 0 Å². The van der Waals surface area contributed by atoms with E-state index in [9.17, 15) is 4.79 Å². The van der Waals surface area contributed by atoms with Gasteiger partial charge in [-0.2, -0.15) is 0 Å². The third kappa shape index (κ3) is 2.06. The van der Waals surface area contributed by atoms with Gasteiger partial charge in [0.1, 0.15) is 5.78 Å². The lowest BCUT2D eigenvalue weighted by Gasteiger charge is -2.56. The van der Waals surface area contributed by atoms with E-state index in [1.165, 1.54) is 38.5 Å². The quantitative estimate of drug-likeness (QED) is 0.699. The van der Waals surface area contributed by atoms with E-state index in [2.05, 4.69) is 20.8 Å². The molecule has 4 aliphatic carbocycles. The van der Waals surface area contributed by atoms with Gasteiger partial charge < -0.3 is 0 Å². The molecule has 0 aromatic heterocycles. The van der Waals surface area contributed by atoms with Crippen molar-refractivity contribution >= 4 is 5.78 Å². The summed E-state index contributed by atoms with van der Waals surface area (Å²) in [6.45, 7) is 6.60. The van der Waals surface area contributed by atoms with Crippen molar-refractivity contribution in [2.75, 3.05) is 0 Å². The maximum Gasteiger partial charge on any atom is 0.139 e. The maximum absolute atomic E-state index is 12.7. The first kappa shape index (κ1) is 11.7. The molecule has 0 N–H and O–H groups in total. The molecule has 0 spiro atoms. The highest BCUT2D eigenvalue weighted by molar-refractivity contribution is 5.85. The van der Waals surface area contributed by atoms with Crippen LogP contribution in [0.1, 0.15) is 65.7 Å². The first-order chi connectivity index (χ1) is 7.86. The molecule has 0 aromatic rings. The molecule has 17 heavy (non-hydrogen) atoms. The Morgan fingerprint density at radius 1 is 1.00 bits per heavy atom. The summed E-state index contributed by atoms with van der Waals surface area (Å²) in [5, 5.41) is 0. The van der Waals surface area contributed by atoms with Gasteiger partial charge in [0.2, 0.25) is 0 Å². The Hall–Kier alpha value is -0.330. The van der Waals surface area contributed by atoms with E-state index in [4.69, 9.17) is 0 Å². The van der Waals surface area contributed by atoms with Gasteiger partial charge in [-0.3, -0.25) is 4.79 Å². The molecular weight excluding hydrogens is 208 g/mol. The summed E-state index contributed by atoms with van der Waals surface area (Å²) in [5.74, 6) is 3.28. The van der Waals surface area contributed by atoms with Crippen molar-refractivity contribution < 1.29 is 4.79 Å². The van der Waals surface area contributed by atoms with Gasteiger partial charge in [0.05, 0.1) is 0 Å². The molecule has 4 rings (SSSR count). The lowest BCUT2D eigenvalue weighted by molar-refractivity contribution is -0.145. The van der Waals surface area contributed by atoms with E-state index in [1.54, 1.807) is 0 Å². The Kier molecular flexibility index (Phi) is 2.48. The van der Waals surface area contributed by atoms with E-state index in [0.29, 0.717) is 5.78 Å². The third-order valence-corrected chi connectivity index (χ3v) is 5.32. The normalized spacial score (nSPS) is 44.1. The first-order valence-corrected chi connectivity index (χ1v) is 7.40. The number of Topliss-reactive ketones (excluding diaryl/α,β-unsaturated/α-hetero) is 1. The zero-order valence-corrected chi connectivity index (χ0v) is 11.6. The second kappa shape index (κ2) is 3.59. The van der Waals surface area contributed by atoms with Crippen LogP contribution >= 0.6 is 0 Å². The molecule has 4 fully saturated rings. The fourth-order valence-corrected chi connectivity index (χ4v) is 5.12. The van der Waals surface area contributed by atoms with Crippen molar-refractivity contribution in [1.29, 1.82) is 0 Å². The Balaban J connectivity index is 1.80. The minimum Gasteiger partial charge on any atom is -0.299 e. The van der Waals surface area contributed by atoms with Gasteiger partial charge in [-0.1, -0.05) is 20.8 Å². The van der Waals surface area contributed by atoms with Crippen molar-refractivity contribution in [3.8, 4) is 0 Å². The molecule has 0 aliphatic heterocycles. The smallest absolute Gasteiger partial charge is 0.139 e. The fraction of sp³-hybridized carbons (Fsp3) is 0.938. The number of rotatable bonds is 2. The first-order valence-electron chi connectivity index (χ1n) is 7.40. The van der Waals surface area contributed by atoms with Crippen LogP contribution in [0.15, 0.2) is 0 Å². The predicted molar refractivity (Wildman–Crippen MR) is 69.7 cm³/mol. The molecule has 0 atom stereocenters. The predicted octanol–water partition coefficient (Wildman–Crippen LogP) is 4.21. The van der Waals surface area contributed by atoms with Crippen molar-refractivity contribution in [1.82, 2.24) is 0 Å². The van der Waals surface area contributed by atoms with Crippen LogP contribution in [0.5, 0.6) is 0 Å². The van der Waals surface area contributed by atoms with Crippen molar-refractivity contribution in [3.63, 3.8) is 0 Å². The summed E-state index contributed by atoms with van der Waals surface area (Å²) in [7, 11) is 0. The molecule has 0 radical (unpaired) electrons. The molecule has 0 aromatic carbocycles. The average molecular weight is 234 g/mol. The van der Waals surface area contributed by atoms with Gasteiger partial charge in [-0.25, -0.2) is 0 Å². The second-order valence-electron chi connectivity index (χ2n) is 8.36. The van der Waals surface area contributed by atoms with Gasteiger partial charge in [0, 0.05) is 11.8 Å². The van der Waals surface area contributed by atoms with Crippen molar-refractivity contribution in [2.45, 2.75) is 65.7 Å². The summed E-state index contributed by atoms with van der Waals surface area (Å²) in [6, 6.07) is 0. The molecule has 4 aliphatic rings. The van der Waals surface area contributed by atoms with Crippen LogP contribution in [0.4, 0.5) is 0 Å². The van der Waals surface area contributed by atoms with E-state index in [-0.39, 0.29) is 10.8 Å². The van der Waals surface area contributed by atoms with Crippen molar-refractivity contribution in [3.05, 3.63) is 0 Å². The lowest BCUT2D eigenvalue weighted by atomic mass is 9.48. The highest BCUT2D eigenvalue weighted by Gasteiger charge is 2.54. The second-order valence-corrected chi connectivity index (χ2v) is 8.36. The van der Waals surface area contributed by atoms with Gasteiger partial charge in [-0.05, 0) is 61.7 Å². The SMILES string of the molecule is CC(C)(C)CC(=O)C12CC3CC(CC(C3)C1)C2. The minimum absolute atomic E-state index is 0.127. The molecular formula is C16H26O. The largest absolute Gasteiger partial charge is 0.299 e. The van der Waals surface area contributed by atoms with Crippen LogP contribution in [0.2, 0.25) is 0 Å². The molecule has 1 nitrogen and oxygen atoms in total. The van der Waals surface area contributed by atoms with Crippen LogP contribution < -0.4 is 0 Å². The third-order valence-electron chi connectivity index (χ3n) is 5.32. The summed E-state index contributed by atoms with van der Waals surface area (Å²) >= 11 is 0. The van der Waals surface area contributed by atoms with Gasteiger partial charge in [0.25, 0.3) is 0 Å². The number of ketones is 1. The molecule has 0 amide bonds. The van der Waals surface area contributed by atoms with Crippen LogP contribution in [0.25, 0.3) is 0 Å². The lowest BCUT2D eigenvalue weighted by Crippen LogP contribution is -2.50. The summed E-state index contributed by atoms with van der Waals surface area (Å²) in [5.41, 5.74) is 0.294. The molecule has 1 heteroatoms. The minimum atomic E-state index is 0.127. The highest BCUT2D eigenvalue weighted by atomic mass is 16.1. The zero-order chi connectivity index (χ0) is 12.3. The molecule has 0 saturated heterocycles. The Morgan fingerprint density at radius 2 is 1.41 bits per heavy atom. The van der Waals surface area contributed by atoms with Crippen LogP contribution in [0, 0.1) is 28.6 Å². The molecule has 0 unspecified atom stereocenters. The van der Waals surface area contributed by atoms with Crippen LogP contribution in [0.3, 0.4) is 0 Å². The average Bonchev–Trinajstić information content (AvgIpc) is 2.12. The number of carbonyl (C=O) groups excluding carboxylic acids is 1. The topological polar surface area (TPSA) is 17.1 Å². The number of hydrogen-bond acceptors (Lipinski definition) is 1. The summed E-state index contributed by atoms with van der Waals surface area (Å²) < 4.78 is 0. The molecule has 0 heterocycles. The standard InChI is InChI=1S/C16H26O/c1-15(2,3)10-14(17)16-7-11-4-12(8-16)6-13(5-11)9-16/h11-13H,4-10H2,1-3H3. The fourth-order valence-electron chi connectivity index (χ4n) is 5.12. The Bertz CT molecular complexity index is 299. The highest BCUT2D eigenvalue weighted by Crippen LogP contribution is 2.60. The summed E-state index contributed by atoms with van der Waals surface area (Å²) in [4.78, 5) is 12.7. The van der Waals surface area contributed by atoms with E-state index in [0.717, 1.165) is 24.2 Å². The van der Waals surface area contributed by atoms with Gasteiger partial charge >= 0.3 is 0 Å². The van der Waals surface area contributed by atoms with Crippen LogP contribution in [-0.2, 0) is 4.79 Å². The molecule has 4 bridgehead atoms. The monoisotopic (exact) mass is 234 g/mol. The van der Waals surface area contributed by atoms with Gasteiger partial charge in [-0.15, -0.1) is 0 Å². The Morgan fingerprint density at radius 3 is 1.76 bits per heavy atom. The maximum atomic E-state index is 12.7. The number of hydrogen-bond donors (Lipinski definition) is 0. The van der Waals surface area contributed by atoms with E-state index in [1.807, 2.05) is 0 Å². The number of carbonyl (C=O) groups is 1. The molecule has 96 valence electrons. The zero-order valence-electron chi connectivity index (χ0n) is 11.6. The van der Waals surface area contributed by atoms with Crippen molar-refractivity contribution in [2.24, 2.45) is 28.6 Å². The summed E-state index contributed by atoms with van der Waals surface area (Å²) in [6.07, 6.45) is 8.78.